The smallest absolute Gasteiger partial charge is 0.227 e. The molecule has 1 atom stereocenters. The molecule has 19 heavy (non-hydrogen) atoms. The van der Waals surface area contributed by atoms with E-state index in [2.05, 4.69) is 0 Å². The lowest BCUT2D eigenvalue weighted by Crippen LogP contribution is -2.25. The molecule has 1 saturated heterocycles. The van der Waals surface area contributed by atoms with Gasteiger partial charge in [-0.05, 0) is 44.5 Å². The van der Waals surface area contributed by atoms with Crippen LogP contribution < -0.4 is 15.4 Å². The molecule has 104 valence electrons. The molecule has 0 bridgehead atoms. The highest BCUT2D eigenvalue weighted by molar-refractivity contribution is 6.32. The normalized spacial score (nSPS) is 19.3. The Morgan fingerprint density at radius 1 is 1.53 bits per heavy atom. The molecule has 1 aromatic carbocycles. The number of anilines is 1. The highest BCUT2D eigenvalue weighted by atomic mass is 35.5. The van der Waals surface area contributed by atoms with Gasteiger partial charge in [0, 0.05) is 18.7 Å². The highest BCUT2D eigenvalue weighted by Crippen LogP contribution is 2.32. The van der Waals surface area contributed by atoms with Gasteiger partial charge in [0.2, 0.25) is 5.91 Å². The summed E-state index contributed by atoms with van der Waals surface area (Å²) in [6.07, 6.45) is 0.580. The molecular weight excluding hydrogens is 264 g/mol. The summed E-state index contributed by atoms with van der Waals surface area (Å²) in [4.78, 5) is 13.7. The average Bonchev–Trinajstić information content (AvgIpc) is 2.73. The molecule has 5 heteroatoms. The van der Waals surface area contributed by atoms with Crippen molar-refractivity contribution in [2.24, 2.45) is 11.7 Å². The van der Waals surface area contributed by atoms with E-state index in [1.807, 2.05) is 19.9 Å². The molecule has 0 saturated carbocycles. The van der Waals surface area contributed by atoms with Crippen molar-refractivity contribution in [3.63, 3.8) is 0 Å². The van der Waals surface area contributed by atoms with E-state index < -0.39 is 0 Å². The number of rotatable bonds is 4. The third-order valence-electron chi connectivity index (χ3n) is 3.13. The van der Waals surface area contributed by atoms with Gasteiger partial charge in [0.1, 0.15) is 5.75 Å². The Labute approximate surface area is 118 Å². The summed E-state index contributed by atoms with van der Waals surface area (Å²) in [6.45, 7) is 5.08. The van der Waals surface area contributed by atoms with Crippen molar-refractivity contribution in [1.29, 1.82) is 0 Å². The minimum absolute atomic E-state index is 0.0680. The van der Waals surface area contributed by atoms with Gasteiger partial charge in [-0.1, -0.05) is 11.6 Å². The standard InChI is InChI=1S/C14H19ClN2O2/c1-9(2)19-13-4-3-11(6-12(13)15)17-8-10(7-16)5-14(17)18/h3-4,6,9-10H,5,7-8,16H2,1-2H3. The van der Waals surface area contributed by atoms with Crippen molar-refractivity contribution < 1.29 is 9.53 Å². The van der Waals surface area contributed by atoms with E-state index in [0.29, 0.717) is 30.3 Å². The fourth-order valence-corrected chi connectivity index (χ4v) is 2.42. The van der Waals surface area contributed by atoms with Crippen LogP contribution in [-0.2, 0) is 4.79 Å². The second-order valence-electron chi connectivity index (χ2n) is 5.09. The minimum atomic E-state index is 0.0680. The Morgan fingerprint density at radius 3 is 2.79 bits per heavy atom. The minimum Gasteiger partial charge on any atom is -0.489 e. The Hall–Kier alpha value is -1.26. The van der Waals surface area contributed by atoms with Crippen molar-refractivity contribution in [2.75, 3.05) is 18.0 Å². The van der Waals surface area contributed by atoms with E-state index in [9.17, 15) is 4.79 Å². The molecule has 2 rings (SSSR count). The molecule has 1 heterocycles. The molecule has 1 amide bonds. The van der Waals surface area contributed by atoms with Crippen LogP contribution in [0.3, 0.4) is 0 Å². The van der Waals surface area contributed by atoms with Crippen LogP contribution in [0.4, 0.5) is 5.69 Å². The number of hydrogen-bond donors (Lipinski definition) is 1. The van der Waals surface area contributed by atoms with Crippen molar-refractivity contribution >= 4 is 23.2 Å². The quantitative estimate of drug-likeness (QED) is 0.923. The van der Waals surface area contributed by atoms with Crippen LogP contribution in [0.5, 0.6) is 5.75 Å². The monoisotopic (exact) mass is 282 g/mol. The summed E-state index contributed by atoms with van der Waals surface area (Å²) in [7, 11) is 0. The Balaban J connectivity index is 2.18. The predicted molar refractivity (Wildman–Crippen MR) is 76.7 cm³/mol. The summed E-state index contributed by atoms with van der Waals surface area (Å²) < 4.78 is 5.58. The van der Waals surface area contributed by atoms with Gasteiger partial charge < -0.3 is 15.4 Å². The van der Waals surface area contributed by atoms with Gasteiger partial charge in [0.15, 0.2) is 0 Å². The number of halogens is 1. The van der Waals surface area contributed by atoms with Gasteiger partial charge in [0.25, 0.3) is 0 Å². The Bertz CT molecular complexity index is 477. The first kappa shape index (κ1) is 14.2. The van der Waals surface area contributed by atoms with Crippen molar-refractivity contribution in [3.8, 4) is 5.75 Å². The van der Waals surface area contributed by atoms with E-state index in [-0.39, 0.29) is 17.9 Å². The molecule has 0 spiro atoms. The third kappa shape index (κ3) is 3.19. The van der Waals surface area contributed by atoms with Crippen LogP contribution in [0.2, 0.25) is 5.02 Å². The lowest BCUT2D eigenvalue weighted by molar-refractivity contribution is -0.117. The molecule has 0 aliphatic carbocycles. The second-order valence-corrected chi connectivity index (χ2v) is 5.50. The van der Waals surface area contributed by atoms with Gasteiger partial charge in [-0.2, -0.15) is 0 Å². The van der Waals surface area contributed by atoms with Crippen LogP contribution in [0, 0.1) is 5.92 Å². The summed E-state index contributed by atoms with van der Waals surface area (Å²) in [5, 5.41) is 0.523. The lowest BCUT2D eigenvalue weighted by atomic mass is 10.1. The van der Waals surface area contributed by atoms with Crippen LogP contribution in [0.15, 0.2) is 18.2 Å². The number of amides is 1. The van der Waals surface area contributed by atoms with Gasteiger partial charge in [0.05, 0.1) is 11.1 Å². The molecule has 1 fully saturated rings. The van der Waals surface area contributed by atoms with E-state index in [0.717, 1.165) is 5.69 Å². The third-order valence-corrected chi connectivity index (χ3v) is 3.42. The fourth-order valence-electron chi connectivity index (χ4n) is 2.20. The molecule has 2 N–H and O–H groups in total. The van der Waals surface area contributed by atoms with Crippen molar-refractivity contribution in [2.45, 2.75) is 26.4 Å². The number of carbonyl (C=O) groups is 1. The molecular formula is C14H19ClN2O2. The zero-order chi connectivity index (χ0) is 14.0. The van der Waals surface area contributed by atoms with Crippen molar-refractivity contribution in [3.05, 3.63) is 23.2 Å². The molecule has 4 nitrogen and oxygen atoms in total. The number of hydrogen-bond acceptors (Lipinski definition) is 3. The SMILES string of the molecule is CC(C)Oc1ccc(N2CC(CN)CC2=O)cc1Cl. The van der Waals surface area contributed by atoms with E-state index >= 15 is 0 Å². The first-order valence-corrected chi connectivity index (χ1v) is 6.85. The van der Waals surface area contributed by atoms with Gasteiger partial charge >= 0.3 is 0 Å². The highest BCUT2D eigenvalue weighted by Gasteiger charge is 2.29. The molecule has 1 aromatic rings. The Kier molecular flexibility index (Phi) is 4.32. The first-order valence-electron chi connectivity index (χ1n) is 6.48. The molecule has 1 aliphatic rings. The molecule has 1 aliphatic heterocycles. The molecule has 0 radical (unpaired) electrons. The maximum Gasteiger partial charge on any atom is 0.227 e. The van der Waals surface area contributed by atoms with E-state index in [1.165, 1.54) is 0 Å². The predicted octanol–water partition coefficient (Wildman–Crippen LogP) is 2.44. The zero-order valence-electron chi connectivity index (χ0n) is 11.2. The molecule has 0 aromatic heterocycles. The molecule has 1 unspecified atom stereocenters. The number of benzene rings is 1. The van der Waals surface area contributed by atoms with Gasteiger partial charge in [-0.15, -0.1) is 0 Å². The van der Waals surface area contributed by atoms with Crippen molar-refractivity contribution in [1.82, 2.24) is 0 Å². The van der Waals surface area contributed by atoms with Crippen LogP contribution in [0.25, 0.3) is 0 Å². The van der Waals surface area contributed by atoms with Gasteiger partial charge in [-0.25, -0.2) is 0 Å². The number of ether oxygens (including phenoxy) is 1. The number of carbonyl (C=O) groups excluding carboxylic acids is 1. The Morgan fingerprint density at radius 2 is 2.26 bits per heavy atom. The topological polar surface area (TPSA) is 55.6 Å². The zero-order valence-corrected chi connectivity index (χ0v) is 12.0. The van der Waals surface area contributed by atoms with E-state index in [1.54, 1.807) is 17.0 Å². The second kappa shape index (κ2) is 5.80. The summed E-state index contributed by atoms with van der Waals surface area (Å²) in [6, 6.07) is 5.44. The van der Waals surface area contributed by atoms with E-state index in [4.69, 9.17) is 22.1 Å². The first-order chi connectivity index (χ1) is 9.01. The lowest BCUT2D eigenvalue weighted by Gasteiger charge is -2.18. The maximum atomic E-state index is 11.9. The summed E-state index contributed by atoms with van der Waals surface area (Å²) >= 11 is 6.18. The maximum absolute atomic E-state index is 11.9. The summed E-state index contributed by atoms with van der Waals surface area (Å²) in [5.74, 6) is 0.976. The van der Waals surface area contributed by atoms with Crippen LogP contribution >= 0.6 is 11.6 Å². The summed E-state index contributed by atoms with van der Waals surface area (Å²) in [5.41, 5.74) is 6.43. The van der Waals surface area contributed by atoms with Gasteiger partial charge in [-0.3, -0.25) is 4.79 Å². The largest absolute Gasteiger partial charge is 0.489 e. The average molecular weight is 283 g/mol. The van der Waals surface area contributed by atoms with Crippen LogP contribution in [-0.4, -0.2) is 25.1 Å². The van der Waals surface area contributed by atoms with Crippen LogP contribution in [0.1, 0.15) is 20.3 Å². The number of nitrogens with two attached hydrogens (primary N) is 1. The fraction of sp³-hybridized carbons (Fsp3) is 0.500. The number of nitrogens with zero attached hydrogens (tertiary/aromatic N) is 1.